The molecule has 46 heavy (non-hydrogen) atoms. The van der Waals surface area contributed by atoms with Crippen LogP contribution in [0.2, 0.25) is 0 Å². The summed E-state index contributed by atoms with van der Waals surface area (Å²) in [7, 11) is -3.71. The van der Waals surface area contributed by atoms with Gasteiger partial charge in [-0.3, -0.25) is 4.79 Å². The number of carbonyl (C=O) groups is 1. The number of hydrogen-bond donors (Lipinski definition) is 2. The van der Waals surface area contributed by atoms with E-state index in [2.05, 4.69) is 15.5 Å². The van der Waals surface area contributed by atoms with Crippen LogP contribution in [0.5, 0.6) is 0 Å². The molecule has 1 aliphatic heterocycles. The molecule has 0 radical (unpaired) electrons. The highest BCUT2D eigenvalue weighted by Gasteiger charge is 2.40. The Morgan fingerprint density at radius 1 is 0.913 bits per heavy atom. The molecular weight excluding hydrogens is 613 g/mol. The predicted molar refractivity (Wildman–Crippen MR) is 172 cm³/mol. The van der Waals surface area contributed by atoms with E-state index in [9.17, 15) is 22.0 Å². The molecule has 1 amide bonds. The molecule has 4 aromatic carbocycles. The van der Waals surface area contributed by atoms with Gasteiger partial charge in [-0.05, 0) is 78.9 Å². The zero-order valence-corrected chi connectivity index (χ0v) is 25.8. The van der Waals surface area contributed by atoms with Gasteiger partial charge < -0.3 is 10.6 Å². The van der Waals surface area contributed by atoms with E-state index in [0.717, 1.165) is 0 Å². The molecular formula is C35H34F3N4O3S+. The van der Waals surface area contributed by atoms with E-state index < -0.39 is 45.3 Å². The predicted octanol–water partition coefficient (Wildman–Crippen LogP) is 6.19. The van der Waals surface area contributed by atoms with E-state index in [4.69, 9.17) is 6.57 Å². The average molecular weight is 648 g/mol. The first kappa shape index (κ1) is 32.9. The summed E-state index contributed by atoms with van der Waals surface area (Å²) in [4.78, 5) is 17.8. The fourth-order valence-electron chi connectivity index (χ4n) is 5.89. The zero-order valence-electron chi connectivity index (χ0n) is 25.0. The SMILES string of the molecule is C#[N+]C(C(=O)Nc1cccc(F)c1CCCC1CNCCN1S(=O)(=O)c1ccccc1)C(c1ccc(F)cc1)c1ccc(F)cc1. The van der Waals surface area contributed by atoms with Gasteiger partial charge >= 0.3 is 11.9 Å². The van der Waals surface area contributed by atoms with E-state index in [0.29, 0.717) is 43.6 Å². The molecule has 0 bridgehead atoms. The summed E-state index contributed by atoms with van der Waals surface area (Å²) in [5.74, 6) is -2.89. The maximum atomic E-state index is 15.2. The lowest BCUT2D eigenvalue weighted by Crippen LogP contribution is -2.53. The first-order valence-electron chi connectivity index (χ1n) is 15.0. The molecule has 1 fully saturated rings. The van der Waals surface area contributed by atoms with Crippen molar-refractivity contribution >= 4 is 21.6 Å². The lowest BCUT2D eigenvalue weighted by atomic mass is 9.84. The molecule has 0 saturated carbocycles. The van der Waals surface area contributed by atoms with Gasteiger partial charge in [-0.25, -0.2) is 21.6 Å². The molecule has 1 heterocycles. The topological polar surface area (TPSA) is 82.9 Å². The van der Waals surface area contributed by atoms with Gasteiger partial charge in [-0.1, -0.05) is 53.4 Å². The summed E-state index contributed by atoms with van der Waals surface area (Å²) in [6, 6.07) is 22.0. The Kier molecular flexibility index (Phi) is 10.5. The normalized spacial score (nSPS) is 16.1. The minimum Gasteiger partial charge on any atom is -0.319 e. The smallest absolute Gasteiger partial charge is 0.319 e. The Morgan fingerprint density at radius 2 is 1.54 bits per heavy atom. The number of carbonyl (C=O) groups excluding carboxylic acids is 1. The highest BCUT2D eigenvalue weighted by molar-refractivity contribution is 7.89. The Labute approximate surface area is 266 Å². The quantitative estimate of drug-likeness (QED) is 0.204. The third-order valence-electron chi connectivity index (χ3n) is 8.19. The van der Waals surface area contributed by atoms with Gasteiger partial charge in [-0.2, -0.15) is 4.31 Å². The number of piperazine rings is 1. The molecule has 5 rings (SSSR count). The van der Waals surface area contributed by atoms with Crippen molar-refractivity contribution in [3.05, 3.63) is 136 Å². The summed E-state index contributed by atoms with van der Waals surface area (Å²) < 4.78 is 71.0. The van der Waals surface area contributed by atoms with Crippen LogP contribution < -0.4 is 10.6 Å². The summed E-state index contributed by atoms with van der Waals surface area (Å²) in [6.45, 7) is 7.06. The molecule has 2 N–H and O–H groups in total. The molecule has 7 nitrogen and oxygen atoms in total. The lowest BCUT2D eigenvalue weighted by Gasteiger charge is -2.35. The van der Waals surface area contributed by atoms with Crippen molar-refractivity contribution in [1.82, 2.24) is 9.62 Å². The fourth-order valence-corrected chi connectivity index (χ4v) is 7.56. The van der Waals surface area contributed by atoms with Crippen LogP contribution in [-0.2, 0) is 21.2 Å². The molecule has 0 spiro atoms. The summed E-state index contributed by atoms with van der Waals surface area (Å²) in [6.07, 6.45) is 1.12. The van der Waals surface area contributed by atoms with Crippen LogP contribution in [0.3, 0.4) is 0 Å². The molecule has 2 unspecified atom stereocenters. The Morgan fingerprint density at radius 3 is 2.15 bits per heavy atom. The van der Waals surface area contributed by atoms with Crippen molar-refractivity contribution in [2.75, 3.05) is 25.0 Å². The van der Waals surface area contributed by atoms with Crippen LogP contribution in [-0.4, -0.2) is 50.3 Å². The number of benzene rings is 4. The van der Waals surface area contributed by atoms with Crippen LogP contribution in [0.15, 0.2) is 102 Å². The van der Waals surface area contributed by atoms with Gasteiger partial charge in [0.05, 0.1) is 10.8 Å². The number of sulfonamides is 1. The Bertz CT molecular complexity index is 1750. The largest absolute Gasteiger partial charge is 0.359 e. The number of anilines is 1. The molecule has 0 aliphatic carbocycles. The van der Waals surface area contributed by atoms with Gasteiger partial charge in [0.15, 0.2) is 0 Å². The van der Waals surface area contributed by atoms with Crippen molar-refractivity contribution < 1.29 is 26.4 Å². The van der Waals surface area contributed by atoms with Gasteiger partial charge in [0.1, 0.15) is 17.5 Å². The summed E-state index contributed by atoms with van der Waals surface area (Å²) in [5.41, 5.74) is 1.54. The second-order valence-electron chi connectivity index (χ2n) is 11.1. The molecule has 4 aromatic rings. The highest BCUT2D eigenvalue weighted by atomic mass is 32.2. The molecule has 1 aliphatic rings. The number of nitrogens with zero attached hydrogens (tertiary/aromatic N) is 2. The molecule has 1 saturated heterocycles. The number of halogens is 3. The third-order valence-corrected chi connectivity index (χ3v) is 10.2. The van der Waals surface area contributed by atoms with Crippen LogP contribution >= 0.6 is 0 Å². The van der Waals surface area contributed by atoms with E-state index >= 15 is 4.39 Å². The van der Waals surface area contributed by atoms with E-state index in [-0.39, 0.29) is 28.6 Å². The molecule has 0 aromatic heterocycles. The van der Waals surface area contributed by atoms with Crippen molar-refractivity contribution in [2.45, 2.75) is 42.2 Å². The third kappa shape index (κ3) is 7.48. The van der Waals surface area contributed by atoms with E-state index in [1.165, 1.54) is 65.0 Å². The number of amides is 1. The van der Waals surface area contributed by atoms with Gasteiger partial charge in [0, 0.05) is 36.9 Å². The van der Waals surface area contributed by atoms with Crippen molar-refractivity contribution in [3.8, 4) is 6.57 Å². The minimum absolute atomic E-state index is 0.223. The number of hydrogen-bond acceptors (Lipinski definition) is 4. The molecule has 238 valence electrons. The highest BCUT2D eigenvalue weighted by Crippen LogP contribution is 2.32. The Hall–Kier alpha value is -4.50. The number of nitrogens with one attached hydrogen (secondary N) is 2. The average Bonchev–Trinajstić information content (AvgIpc) is 3.06. The van der Waals surface area contributed by atoms with Crippen LogP contribution in [0.25, 0.3) is 4.85 Å². The zero-order chi connectivity index (χ0) is 32.7. The van der Waals surface area contributed by atoms with Crippen molar-refractivity contribution in [2.24, 2.45) is 0 Å². The van der Waals surface area contributed by atoms with Gasteiger partial charge in [0.2, 0.25) is 10.0 Å². The van der Waals surface area contributed by atoms with Gasteiger partial charge in [-0.15, -0.1) is 0 Å². The standard InChI is InChI=1S/C35H33F3N4O3S/c1-39-34(33(24-13-17-26(36)18-14-24)25-15-19-27(37)20-16-25)35(43)41-32-12-6-11-31(38)30(32)10-5-7-28-23-40-21-22-42(28)46(44,45)29-8-3-2-4-9-29/h1-4,6,8-9,11-20,28,33-34,40H,5,7,10,21-23H2/p+1. The van der Waals surface area contributed by atoms with Crippen molar-refractivity contribution in [1.29, 1.82) is 0 Å². The maximum absolute atomic E-state index is 15.2. The molecule has 11 heteroatoms. The number of rotatable bonds is 11. The first-order chi connectivity index (χ1) is 22.2. The van der Waals surface area contributed by atoms with Crippen molar-refractivity contribution in [3.63, 3.8) is 0 Å². The monoisotopic (exact) mass is 647 g/mol. The fraction of sp³-hybridized carbons (Fsp3) is 0.257. The lowest BCUT2D eigenvalue weighted by molar-refractivity contribution is -0.116. The second-order valence-corrected chi connectivity index (χ2v) is 13.0. The van der Waals surface area contributed by atoms with Crippen LogP contribution in [0, 0.1) is 24.0 Å². The summed E-state index contributed by atoms with van der Waals surface area (Å²) in [5, 5.41) is 6.02. The molecule has 2 atom stereocenters. The Balaban J connectivity index is 1.34. The summed E-state index contributed by atoms with van der Waals surface area (Å²) >= 11 is 0. The minimum atomic E-state index is -3.71. The second kappa shape index (κ2) is 14.7. The van der Waals surface area contributed by atoms with Crippen LogP contribution in [0.4, 0.5) is 18.9 Å². The van der Waals surface area contributed by atoms with Gasteiger partial charge in [0.25, 0.3) is 6.57 Å². The van der Waals surface area contributed by atoms with E-state index in [1.807, 2.05) is 0 Å². The maximum Gasteiger partial charge on any atom is 0.359 e. The van der Waals surface area contributed by atoms with E-state index in [1.54, 1.807) is 36.4 Å². The first-order valence-corrected chi connectivity index (χ1v) is 16.4. The van der Waals surface area contributed by atoms with Crippen LogP contribution in [0.1, 0.15) is 35.4 Å².